The Morgan fingerprint density at radius 2 is 1.95 bits per heavy atom. The van der Waals surface area contributed by atoms with Crippen LogP contribution in [-0.4, -0.2) is 29.1 Å². The van der Waals surface area contributed by atoms with Gasteiger partial charge in [-0.25, -0.2) is 4.98 Å². The molecule has 4 nitrogen and oxygen atoms in total. The minimum atomic E-state index is -0.444. The van der Waals surface area contributed by atoms with Gasteiger partial charge in [-0.2, -0.15) is 17.9 Å². The van der Waals surface area contributed by atoms with Crippen LogP contribution in [0.4, 0.5) is 0 Å². The number of hydrogen-bond donors (Lipinski definition) is 1. The summed E-state index contributed by atoms with van der Waals surface area (Å²) in [6.45, 7) is 8.05. The number of pyridine rings is 1. The van der Waals surface area contributed by atoms with Crippen LogP contribution in [-0.2, 0) is 9.31 Å². The largest absolute Gasteiger partial charge is 0.491 e. The molecule has 0 N–H and O–H groups in total. The Bertz CT molecular complexity index is 592. The molecule has 6 heteroatoms. The molecular formula is C15H19BN2O2S. The van der Waals surface area contributed by atoms with Crippen LogP contribution in [0.25, 0.3) is 6.08 Å². The molecule has 0 aromatic carbocycles. The van der Waals surface area contributed by atoms with Crippen molar-refractivity contribution in [3.8, 4) is 6.07 Å². The van der Waals surface area contributed by atoms with Crippen molar-refractivity contribution in [3.05, 3.63) is 35.1 Å². The van der Waals surface area contributed by atoms with Gasteiger partial charge in [0.2, 0.25) is 0 Å². The maximum absolute atomic E-state index is 8.90. The highest BCUT2D eigenvalue weighted by molar-refractivity contribution is 7.80. The average molecular weight is 302 g/mol. The zero-order chi connectivity index (χ0) is 15.7. The summed E-state index contributed by atoms with van der Waals surface area (Å²) in [4.78, 5) is 4.24. The second-order valence-electron chi connectivity index (χ2n) is 6.03. The molecule has 0 saturated carbocycles. The van der Waals surface area contributed by atoms with Gasteiger partial charge in [0, 0.05) is 5.75 Å². The van der Waals surface area contributed by atoms with E-state index in [1.54, 1.807) is 12.1 Å². The summed E-state index contributed by atoms with van der Waals surface area (Å²) >= 11 is 4.36. The fraction of sp³-hybridized carbons (Fsp3) is 0.467. The van der Waals surface area contributed by atoms with Gasteiger partial charge in [-0.3, -0.25) is 0 Å². The normalized spacial score (nSPS) is 20.4. The molecule has 1 aliphatic heterocycles. The van der Waals surface area contributed by atoms with Crippen LogP contribution in [0.5, 0.6) is 0 Å². The van der Waals surface area contributed by atoms with E-state index >= 15 is 0 Å². The van der Waals surface area contributed by atoms with Crippen molar-refractivity contribution in [1.29, 1.82) is 5.26 Å². The Kier molecular flexibility index (Phi) is 4.47. The number of hydrogen-bond acceptors (Lipinski definition) is 5. The van der Waals surface area contributed by atoms with E-state index in [1.807, 2.05) is 45.9 Å². The molecule has 0 radical (unpaired) electrons. The highest BCUT2D eigenvalue weighted by atomic mass is 32.1. The number of thiol groups is 1. The fourth-order valence-corrected chi connectivity index (χ4v) is 2.21. The second kappa shape index (κ2) is 5.84. The molecule has 1 aromatic heterocycles. The Morgan fingerprint density at radius 1 is 1.33 bits per heavy atom. The van der Waals surface area contributed by atoms with E-state index < -0.39 is 7.12 Å². The van der Waals surface area contributed by atoms with E-state index in [2.05, 4.69) is 17.6 Å². The van der Waals surface area contributed by atoms with E-state index in [-0.39, 0.29) is 11.2 Å². The van der Waals surface area contributed by atoms with E-state index in [1.165, 1.54) is 0 Å². The number of aromatic nitrogens is 1. The van der Waals surface area contributed by atoms with Crippen LogP contribution in [0.2, 0.25) is 0 Å². The van der Waals surface area contributed by atoms with E-state index in [0.717, 1.165) is 5.47 Å². The molecule has 1 fully saturated rings. The number of nitriles is 1. The third-order valence-corrected chi connectivity index (χ3v) is 4.32. The maximum atomic E-state index is 8.90. The van der Waals surface area contributed by atoms with Crippen molar-refractivity contribution in [2.24, 2.45) is 0 Å². The SMILES string of the molecule is CC1(C)OB(C(=Cc2cccc(C#N)n2)CS)OC1(C)C. The molecule has 0 amide bonds. The first-order valence-corrected chi connectivity index (χ1v) is 7.46. The van der Waals surface area contributed by atoms with Gasteiger partial charge in [0.15, 0.2) is 0 Å². The van der Waals surface area contributed by atoms with Crippen molar-refractivity contribution in [2.45, 2.75) is 38.9 Å². The molecule has 0 spiro atoms. The average Bonchev–Trinajstić information content (AvgIpc) is 2.65. The van der Waals surface area contributed by atoms with E-state index in [9.17, 15) is 0 Å². The third-order valence-electron chi connectivity index (χ3n) is 3.96. The van der Waals surface area contributed by atoms with Crippen LogP contribution in [0, 0.1) is 11.3 Å². The molecule has 21 heavy (non-hydrogen) atoms. The van der Waals surface area contributed by atoms with Crippen LogP contribution < -0.4 is 0 Å². The molecule has 2 heterocycles. The first kappa shape index (κ1) is 16.1. The Balaban J connectivity index is 2.29. The lowest BCUT2D eigenvalue weighted by Gasteiger charge is -2.32. The zero-order valence-electron chi connectivity index (χ0n) is 12.8. The number of rotatable bonds is 3. The Labute approximate surface area is 131 Å². The van der Waals surface area contributed by atoms with Crippen molar-refractivity contribution >= 4 is 25.8 Å². The fourth-order valence-electron chi connectivity index (χ4n) is 1.97. The first-order chi connectivity index (χ1) is 9.79. The standard InChI is InChI=1S/C15H19BN2O2S/c1-14(2)15(3,4)20-16(19-14)11(10-21)8-12-6-5-7-13(9-17)18-12/h5-8,21H,10H2,1-4H3. The van der Waals surface area contributed by atoms with Gasteiger partial charge >= 0.3 is 7.12 Å². The van der Waals surface area contributed by atoms with Crippen molar-refractivity contribution < 1.29 is 9.31 Å². The first-order valence-electron chi connectivity index (χ1n) is 6.83. The minimum Gasteiger partial charge on any atom is -0.400 e. The summed E-state index contributed by atoms with van der Waals surface area (Å²) in [6, 6.07) is 7.35. The number of nitrogens with zero attached hydrogens (tertiary/aromatic N) is 2. The Morgan fingerprint density at radius 3 is 2.48 bits per heavy atom. The third kappa shape index (κ3) is 3.32. The van der Waals surface area contributed by atoms with Crippen molar-refractivity contribution in [1.82, 2.24) is 4.98 Å². The zero-order valence-corrected chi connectivity index (χ0v) is 13.6. The van der Waals surface area contributed by atoms with Gasteiger partial charge in [0.25, 0.3) is 0 Å². The molecule has 0 unspecified atom stereocenters. The summed E-state index contributed by atoms with van der Waals surface area (Å²) in [5, 5.41) is 8.90. The molecule has 1 saturated heterocycles. The van der Waals surface area contributed by atoms with Crippen LogP contribution in [0.1, 0.15) is 39.1 Å². The van der Waals surface area contributed by atoms with Crippen LogP contribution in [0.3, 0.4) is 0 Å². The molecule has 110 valence electrons. The monoisotopic (exact) mass is 302 g/mol. The Hall–Kier alpha value is -1.29. The lowest BCUT2D eigenvalue weighted by atomic mass is 9.78. The molecule has 0 bridgehead atoms. The molecule has 1 aliphatic rings. The van der Waals surface area contributed by atoms with Crippen LogP contribution in [0.15, 0.2) is 23.7 Å². The second-order valence-corrected chi connectivity index (χ2v) is 6.34. The van der Waals surface area contributed by atoms with Gasteiger partial charge in [-0.1, -0.05) is 6.07 Å². The highest BCUT2D eigenvalue weighted by Crippen LogP contribution is 2.38. The quantitative estimate of drug-likeness (QED) is 0.689. The minimum absolute atomic E-state index is 0.385. The maximum Gasteiger partial charge on any atom is 0.491 e. The molecular weight excluding hydrogens is 283 g/mol. The summed E-state index contributed by atoms with van der Waals surface area (Å²) < 4.78 is 12.0. The highest BCUT2D eigenvalue weighted by Gasteiger charge is 2.52. The molecule has 2 rings (SSSR count). The van der Waals surface area contributed by atoms with Gasteiger partial charge in [0.05, 0.1) is 16.9 Å². The molecule has 1 aromatic rings. The smallest absolute Gasteiger partial charge is 0.400 e. The molecule has 0 aliphatic carbocycles. The van der Waals surface area contributed by atoms with Crippen LogP contribution >= 0.6 is 12.6 Å². The van der Waals surface area contributed by atoms with Gasteiger partial charge in [-0.15, -0.1) is 0 Å². The lowest BCUT2D eigenvalue weighted by Crippen LogP contribution is -2.41. The van der Waals surface area contributed by atoms with Gasteiger partial charge in [0.1, 0.15) is 11.8 Å². The van der Waals surface area contributed by atoms with Gasteiger partial charge < -0.3 is 9.31 Å². The molecule has 0 atom stereocenters. The summed E-state index contributed by atoms with van der Waals surface area (Å²) in [5.74, 6) is 0.495. The van der Waals surface area contributed by atoms with E-state index in [0.29, 0.717) is 17.1 Å². The van der Waals surface area contributed by atoms with Crippen molar-refractivity contribution in [2.75, 3.05) is 5.75 Å². The van der Waals surface area contributed by atoms with Crippen molar-refractivity contribution in [3.63, 3.8) is 0 Å². The lowest BCUT2D eigenvalue weighted by molar-refractivity contribution is 0.00578. The predicted octanol–water partition coefficient (Wildman–Crippen LogP) is 2.90. The van der Waals surface area contributed by atoms with Gasteiger partial charge in [-0.05, 0) is 51.4 Å². The van der Waals surface area contributed by atoms with E-state index in [4.69, 9.17) is 14.6 Å². The summed E-state index contributed by atoms with van der Waals surface area (Å²) in [7, 11) is -0.444. The predicted molar refractivity (Wildman–Crippen MR) is 86.9 cm³/mol. The topological polar surface area (TPSA) is 55.1 Å². The summed E-state index contributed by atoms with van der Waals surface area (Å²) in [5.41, 5.74) is 1.20. The summed E-state index contributed by atoms with van der Waals surface area (Å²) in [6.07, 6.45) is 1.87.